The van der Waals surface area contributed by atoms with Crippen molar-refractivity contribution >= 4 is 0 Å². The predicted octanol–water partition coefficient (Wildman–Crippen LogP) is 1.98. The number of fused-ring (bicyclic) bond motifs is 1. The molecule has 1 atom stereocenters. The summed E-state index contributed by atoms with van der Waals surface area (Å²) in [5.74, 6) is 0. The van der Waals surface area contributed by atoms with Gasteiger partial charge in [0.2, 0.25) is 0 Å². The SMILES string of the molecule is CNC[C@@H]1OCCc2c(-c3ccncn3)cccc21. The minimum Gasteiger partial charge on any atom is -0.372 e. The third kappa shape index (κ3) is 2.37. The summed E-state index contributed by atoms with van der Waals surface area (Å²) in [4.78, 5) is 8.34. The Labute approximate surface area is 112 Å². The second-order valence-corrected chi connectivity index (χ2v) is 4.64. The largest absolute Gasteiger partial charge is 0.372 e. The Morgan fingerprint density at radius 1 is 1.37 bits per heavy atom. The van der Waals surface area contributed by atoms with E-state index in [1.54, 1.807) is 12.5 Å². The van der Waals surface area contributed by atoms with E-state index in [4.69, 9.17) is 4.74 Å². The fourth-order valence-corrected chi connectivity index (χ4v) is 2.62. The highest BCUT2D eigenvalue weighted by molar-refractivity contribution is 5.65. The molecule has 3 rings (SSSR count). The third-order valence-corrected chi connectivity index (χ3v) is 3.48. The molecule has 4 heteroatoms. The molecule has 19 heavy (non-hydrogen) atoms. The van der Waals surface area contributed by atoms with Crippen molar-refractivity contribution in [3.63, 3.8) is 0 Å². The van der Waals surface area contributed by atoms with Gasteiger partial charge in [0.1, 0.15) is 6.33 Å². The van der Waals surface area contributed by atoms with E-state index in [1.165, 1.54) is 16.7 Å². The average Bonchev–Trinajstić information content (AvgIpc) is 2.48. The van der Waals surface area contributed by atoms with Gasteiger partial charge in [-0.25, -0.2) is 9.97 Å². The first kappa shape index (κ1) is 12.3. The fourth-order valence-electron chi connectivity index (χ4n) is 2.62. The first-order valence-electron chi connectivity index (χ1n) is 6.54. The summed E-state index contributed by atoms with van der Waals surface area (Å²) in [6.07, 6.45) is 4.46. The highest BCUT2D eigenvalue weighted by Crippen LogP contribution is 2.33. The molecule has 2 heterocycles. The fraction of sp³-hybridized carbons (Fsp3) is 0.333. The Morgan fingerprint density at radius 3 is 3.11 bits per heavy atom. The molecule has 0 fully saturated rings. The zero-order chi connectivity index (χ0) is 13.1. The van der Waals surface area contributed by atoms with E-state index < -0.39 is 0 Å². The van der Waals surface area contributed by atoms with Crippen LogP contribution in [-0.4, -0.2) is 30.2 Å². The minimum atomic E-state index is 0.135. The summed E-state index contributed by atoms with van der Waals surface area (Å²) in [6, 6.07) is 8.32. The van der Waals surface area contributed by atoms with Crippen LogP contribution in [-0.2, 0) is 11.2 Å². The zero-order valence-electron chi connectivity index (χ0n) is 11.0. The van der Waals surface area contributed by atoms with Gasteiger partial charge in [-0.15, -0.1) is 0 Å². The summed E-state index contributed by atoms with van der Waals surface area (Å²) in [5, 5.41) is 3.19. The van der Waals surface area contributed by atoms with Crippen LogP contribution in [0.3, 0.4) is 0 Å². The number of nitrogens with zero attached hydrogens (tertiary/aromatic N) is 2. The third-order valence-electron chi connectivity index (χ3n) is 3.48. The molecule has 0 radical (unpaired) electrons. The average molecular weight is 255 g/mol. The Hall–Kier alpha value is -1.78. The quantitative estimate of drug-likeness (QED) is 0.911. The van der Waals surface area contributed by atoms with Crippen LogP contribution < -0.4 is 5.32 Å². The van der Waals surface area contributed by atoms with Gasteiger partial charge in [-0.05, 0) is 30.7 Å². The Kier molecular flexibility index (Phi) is 3.53. The van der Waals surface area contributed by atoms with E-state index in [0.29, 0.717) is 0 Å². The summed E-state index contributed by atoms with van der Waals surface area (Å²) >= 11 is 0. The second-order valence-electron chi connectivity index (χ2n) is 4.64. The van der Waals surface area contributed by atoms with Crippen LogP contribution in [0.2, 0.25) is 0 Å². The van der Waals surface area contributed by atoms with Gasteiger partial charge in [0.05, 0.1) is 18.4 Å². The summed E-state index contributed by atoms with van der Waals surface area (Å²) in [5.41, 5.74) is 4.81. The highest BCUT2D eigenvalue weighted by atomic mass is 16.5. The maximum absolute atomic E-state index is 5.84. The molecule has 0 bridgehead atoms. The lowest BCUT2D eigenvalue weighted by atomic mass is 9.91. The molecule has 0 amide bonds. The molecule has 1 aromatic heterocycles. The number of benzene rings is 1. The number of hydrogen-bond donors (Lipinski definition) is 1. The predicted molar refractivity (Wildman–Crippen MR) is 73.8 cm³/mol. The van der Waals surface area contributed by atoms with Crippen molar-refractivity contribution in [2.45, 2.75) is 12.5 Å². The van der Waals surface area contributed by atoms with Gasteiger partial charge in [0.25, 0.3) is 0 Å². The summed E-state index contributed by atoms with van der Waals surface area (Å²) in [6.45, 7) is 1.60. The Balaban J connectivity index is 2.06. The molecule has 0 aliphatic carbocycles. The van der Waals surface area contributed by atoms with Gasteiger partial charge in [0.15, 0.2) is 0 Å². The topological polar surface area (TPSA) is 47.0 Å². The van der Waals surface area contributed by atoms with E-state index >= 15 is 0 Å². The molecule has 1 N–H and O–H groups in total. The van der Waals surface area contributed by atoms with E-state index in [-0.39, 0.29) is 6.10 Å². The van der Waals surface area contributed by atoms with Gasteiger partial charge < -0.3 is 10.1 Å². The van der Waals surface area contributed by atoms with Gasteiger partial charge in [-0.1, -0.05) is 18.2 Å². The second kappa shape index (κ2) is 5.47. The summed E-state index contributed by atoms with van der Waals surface area (Å²) < 4.78 is 5.84. The van der Waals surface area contributed by atoms with Crippen molar-refractivity contribution < 1.29 is 4.74 Å². The van der Waals surface area contributed by atoms with E-state index in [2.05, 4.69) is 33.5 Å². The van der Waals surface area contributed by atoms with E-state index in [0.717, 1.165) is 25.3 Å². The van der Waals surface area contributed by atoms with Crippen molar-refractivity contribution in [1.29, 1.82) is 0 Å². The maximum atomic E-state index is 5.84. The van der Waals surface area contributed by atoms with E-state index in [9.17, 15) is 0 Å². The summed E-state index contributed by atoms with van der Waals surface area (Å²) in [7, 11) is 1.95. The molecule has 0 saturated carbocycles. The number of likely N-dealkylation sites (N-methyl/N-ethyl adjacent to an activating group) is 1. The Morgan fingerprint density at radius 2 is 2.32 bits per heavy atom. The van der Waals surface area contributed by atoms with E-state index in [1.807, 2.05) is 13.1 Å². The zero-order valence-corrected chi connectivity index (χ0v) is 11.0. The Bertz CT molecular complexity index is 557. The van der Waals surface area contributed by atoms with Crippen molar-refractivity contribution in [3.8, 4) is 11.3 Å². The van der Waals surface area contributed by atoms with Crippen LogP contribution in [0.5, 0.6) is 0 Å². The lowest BCUT2D eigenvalue weighted by molar-refractivity contribution is 0.0440. The maximum Gasteiger partial charge on any atom is 0.116 e. The number of hydrogen-bond acceptors (Lipinski definition) is 4. The number of aromatic nitrogens is 2. The lowest BCUT2D eigenvalue weighted by Crippen LogP contribution is -2.25. The van der Waals surface area contributed by atoms with Crippen LogP contribution in [0.1, 0.15) is 17.2 Å². The molecule has 1 aromatic carbocycles. The van der Waals surface area contributed by atoms with Crippen LogP contribution >= 0.6 is 0 Å². The van der Waals surface area contributed by atoms with Crippen molar-refractivity contribution in [2.75, 3.05) is 20.2 Å². The first-order valence-corrected chi connectivity index (χ1v) is 6.54. The molecular formula is C15H17N3O. The minimum absolute atomic E-state index is 0.135. The van der Waals surface area contributed by atoms with Gasteiger partial charge in [-0.3, -0.25) is 0 Å². The lowest BCUT2D eigenvalue weighted by Gasteiger charge is -2.27. The first-order chi connectivity index (χ1) is 9.40. The number of nitrogens with one attached hydrogen (secondary N) is 1. The molecular weight excluding hydrogens is 238 g/mol. The van der Waals surface area contributed by atoms with Gasteiger partial charge >= 0.3 is 0 Å². The molecule has 1 aliphatic heterocycles. The molecule has 4 nitrogen and oxygen atoms in total. The smallest absolute Gasteiger partial charge is 0.116 e. The molecule has 0 unspecified atom stereocenters. The van der Waals surface area contributed by atoms with Crippen molar-refractivity contribution in [2.24, 2.45) is 0 Å². The molecule has 0 spiro atoms. The van der Waals surface area contributed by atoms with Crippen LogP contribution in [0.15, 0.2) is 36.8 Å². The normalized spacial score (nSPS) is 18.1. The molecule has 98 valence electrons. The molecule has 2 aromatic rings. The van der Waals surface area contributed by atoms with Crippen LogP contribution in [0.25, 0.3) is 11.3 Å². The van der Waals surface area contributed by atoms with Crippen molar-refractivity contribution in [3.05, 3.63) is 47.9 Å². The van der Waals surface area contributed by atoms with Gasteiger partial charge in [0, 0.05) is 18.3 Å². The monoisotopic (exact) mass is 255 g/mol. The van der Waals surface area contributed by atoms with Crippen LogP contribution in [0, 0.1) is 0 Å². The highest BCUT2D eigenvalue weighted by Gasteiger charge is 2.22. The van der Waals surface area contributed by atoms with Crippen molar-refractivity contribution in [1.82, 2.24) is 15.3 Å². The van der Waals surface area contributed by atoms with Gasteiger partial charge in [-0.2, -0.15) is 0 Å². The molecule has 1 aliphatic rings. The standard InChI is InChI=1S/C15H17N3O/c1-16-9-15-13-4-2-3-12(11(13)6-8-19-15)14-5-7-17-10-18-14/h2-5,7,10,15-16H,6,8-9H2,1H3/t15-/m0/s1. The molecule has 0 saturated heterocycles. The number of rotatable bonds is 3. The number of ether oxygens (including phenoxy) is 1. The van der Waals surface area contributed by atoms with Crippen LogP contribution in [0.4, 0.5) is 0 Å².